The molecular weight excluding hydrogens is 150 g/mol. The quantitative estimate of drug-likeness (QED) is 0.742. The molecule has 3 heteroatoms. The van der Waals surface area contributed by atoms with Crippen molar-refractivity contribution >= 4 is 0 Å². The Morgan fingerprint density at radius 2 is 2.33 bits per heavy atom. The summed E-state index contributed by atoms with van der Waals surface area (Å²) in [6.45, 7) is 4.20. The molecule has 0 bridgehead atoms. The third-order valence-electron chi connectivity index (χ3n) is 2.27. The second-order valence-electron chi connectivity index (χ2n) is 3.20. The molecule has 1 aromatic heterocycles. The Balaban J connectivity index is 2.80. The van der Waals surface area contributed by atoms with Crippen molar-refractivity contribution in [3.8, 4) is 0 Å². The van der Waals surface area contributed by atoms with Gasteiger partial charge in [0.15, 0.2) is 0 Å². The van der Waals surface area contributed by atoms with Crippen LogP contribution in [0.4, 0.5) is 0 Å². The van der Waals surface area contributed by atoms with E-state index in [1.54, 1.807) is 0 Å². The molecule has 1 rings (SSSR count). The van der Waals surface area contributed by atoms with E-state index in [0.717, 1.165) is 12.8 Å². The zero-order chi connectivity index (χ0) is 9.14. The molecule has 0 saturated heterocycles. The van der Waals surface area contributed by atoms with Crippen LogP contribution in [0, 0.1) is 6.92 Å². The smallest absolute Gasteiger partial charge is 0.0540 e. The van der Waals surface area contributed by atoms with Crippen molar-refractivity contribution in [1.29, 1.82) is 0 Å². The molecule has 0 spiro atoms. The molecule has 1 aromatic rings. The van der Waals surface area contributed by atoms with Gasteiger partial charge in [0.05, 0.1) is 6.20 Å². The van der Waals surface area contributed by atoms with Gasteiger partial charge in [-0.3, -0.25) is 4.68 Å². The van der Waals surface area contributed by atoms with Crippen LogP contribution >= 0.6 is 0 Å². The lowest BCUT2D eigenvalue weighted by Gasteiger charge is -2.08. The predicted octanol–water partition coefficient (Wildman–Crippen LogP) is 1.53. The van der Waals surface area contributed by atoms with E-state index < -0.39 is 0 Å². The minimum absolute atomic E-state index is 0.156. The molecule has 1 atom stereocenters. The molecule has 12 heavy (non-hydrogen) atoms. The standard InChI is InChI=1S/C9H17N3/c1-4-5-9(10)8-6-11-12(3)7(8)2/h6,9H,4-5,10H2,1-3H3. The van der Waals surface area contributed by atoms with E-state index in [9.17, 15) is 0 Å². The van der Waals surface area contributed by atoms with E-state index in [1.165, 1.54) is 11.3 Å². The van der Waals surface area contributed by atoms with Crippen LogP contribution in [0.25, 0.3) is 0 Å². The Labute approximate surface area is 73.6 Å². The molecule has 68 valence electrons. The monoisotopic (exact) mass is 167 g/mol. The van der Waals surface area contributed by atoms with Crippen molar-refractivity contribution in [3.05, 3.63) is 17.5 Å². The number of aryl methyl sites for hydroxylation is 1. The number of nitrogens with two attached hydrogens (primary N) is 1. The molecule has 0 amide bonds. The normalized spacial score (nSPS) is 13.3. The average molecular weight is 167 g/mol. The number of hydrogen-bond donors (Lipinski definition) is 1. The zero-order valence-electron chi connectivity index (χ0n) is 8.04. The molecule has 0 radical (unpaired) electrons. The summed E-state index contributed by atoms with van der Waals surface area (Å²) < 4.78 is 1.87. The van der Waals surface area contributed by atoms with Crippen molar-refractivity contribution in [3.63, 3.8) is 0 Å². The van der Waals surface area contributed by atoms with E-state index in [0.29, 0.717) is 0 Å². The third-order valence-corrected chi connectivity index (χ3v) is 2.27. The molecule has 0 aliphatic rings. The van der Waals surface area contributed by atoms with E-state index in [1.807, 2.05) is 17.9 Å². The van der Waals surface area contributed by atoms with E-state index >= 15 is 0 Å². The second kappa shape index (κ2) is 3.72. The third kappa shape index (κ3) is 1.67. The van der Waals surface area contributed by atoms with Gasteiger partial charge in [-0.15, -0.1) is 0 Å². The highest BCUT2D eigenvalue weighted by atomic mass is 15.3. The van der Waals surface area contributed by atoms with Gasteiger partial charge in [0.1, 0.15) is 0 Å². The van der Waals surface area contributed by atoms with Crippen LogP contribution in [-0.2, 0) is 7.05 Å². The van der Waals surface area contributed by atoms with Crippen LogP contribution in [0.5, 0.6) is 0 Å². The van der Waals surface area contributed by atoms with Crippen LogP contribution in [-0.4, -0.2) is 9.78 Å². The minimum atomic E-state index is 0.156. The number of hydrogen-bond acceptors (Lipinski definition) is 2. The Morgan fingerprint density at radius 1 is 1.67 bits per heavy atom. The van der Waals surface area contributed by atoms with Crippen LogP contribution in [0.15, 0.2) is 6.20 Å². The molecule has 1 unspecified atom stereocenters. The summed E-state index contributed by atoms with van der Waals surface area (Å²) in [4.78, 5) is 0. The molecule has 2 N–H and O–H groups in total. The highest BCUT2D eigenvalue weighted by molar-refractivity contribution is 5.19. The van der Waals surface area contributed by atoms with Crippen LogP contribution in [0.2, 0.25) is 0 Å². The van der Waals surface area contributed by atoms with Gasteiger partial charge in [0, 0.05) is 24.3 Å². The Bertz CT molecular complexity index is 252. The number of nitrogens with zero attached hydrogens (tertiary/aromatic N) is 2. The van der Waals surface area contributed by atoms with Crippen molar-refractivity contribution in [2.75, 3.05) is 0 Å². The average Bonchev–Trinajstić information content (AvgIpc) is 2.34. The predicted molar refractivity (Wildman–Crippen MR) is 49.8 cm³/mol. The topological polar surface area (TPSA) is 43.8 Å². The lowest BCUT2D eigenvalue weighted by molar-refractivity contribution is 0.631. The van der Waals surface area contributed by atoms with Crippen molar-refractivity contribution in [1.82, 2.24) is 9.78 Å². The molecular formula is C9H17N3. The van der Waals surface area contributed by atoms with E-state index in [-0.39, 0.29) is 6.04 Å². The van der Waals surface area contributed by atoms with Crippen LogP contribution in [0.3, 0.4) is 0 Å². The lowest BCUT2D eigenvalue weighted by Crippen LogP contribution is -2.10. The molecule has 3 nitrogen and oxygen atoms in total. The number of aromatic nitrogens is 2. The van der Waals surface area contributed by atoms with Crippen molar-refractivity contribution in [2.45, 2.75) is 32.7 Å². The maximum absolute atomic E-state index is 5.97. The van der Waals surface area contributed by atoms with E-state index in [4.69, 9.17) is 5.73 Å². The van der Waals surface area contributed by atoms with Gasteiger partial charge in [-0.2, -0.15) is 5.10 Å². The van der Waals surface area contributed by atoms with Gasteiger partial charge in [-0.25, -0.2) is 0 Å². The highest BCUT2D eigenvalue weighted by Gasteiger charge is 2.10. The maximum Gasteiger partial charge on any atom is 0.0540 e. The zero-order valence-corrected chi connectivity index (χ0v) is 8.04. The van der Waals surface area contributed by atoms with Gasteiger partial charge in [0.25, 0.3) is 0 Å². The first-order valence-corrected chi connectivity index (χ1v) is 4.41. The van der Waals surface area contributed by atoms with Gasteiger partial charge in [0.2, 0.25) is 0 Å². The lowest BCUT2D eigenvalue weighted by atomic mass is 10.0. The summed E-state index contributed by atoms with van der Waals surface area (Å²) in [5, 5.41) is 4.16. The second-order valence-corrected chi connectivity index (χ2v) is 3.20. The van der Waals surface area contributed by atoms with E-state index in [2.05, 4.69) is 18.9 Å². The summed E-state index contributed by atoms with van der Waals surface area (Å²) >= 11 is 0. The SMILES string of the molecule is CCCC(N)c1cnn(C)c1C. The Morgan fingerprint density at radius 3 is 2.75 bits per heavy atom. The van der Waals surface area contributed by atoms with Gasteiger partial charge >= 0.3 is 0 Å². The summed E-state index contributed by atoms with van der Waals surface area (Å²) in [7, 11) is 1.94. The molecule has 0 fully saturated rings. The highest BCUT2D eigenvalue weighted by Crippen LogP contribution is 2.18. The fourth-order valence-electron chi connectivity index (χ4n) is 1.35. The first-order chi connectivity index (χ1) is 5.66. The number of rotatable bonds is 3. The molecule has 0 aromatic carbocycles. The van der Waals surface area contributed by atoms with Gasteiger partial charge in [-0.1, -0.05) is 13.3 Å². The fourth-order valence-corrected chi connectivity index (χ4v) is 1.35. The van der Waals surface area contributed by atoms with Crippen molar-refractivity contribution in [2.24, 2.45) is 12.8 Å². The molecule has 0 aliphatic carbocycles. The molecule has 0 aliphatic heterocycles. The fraction of sp³-hybridized carbons (Fsp3) is 0.667. The van der Waals surface area contributed by atoms with Crippen LogP contribution < -0.4 is 5.73 Å². The molecule has 0 saturated carbocycles. The van der Waals surface area contributed by atoms with Crippen LogP contribution in [0.1, 0.15) is 37.1 Å². The first-order valence-electron chi connectivity index (χ1n) is 4.41. The summed E-state index contributed by atoms with van der Waals surface area (Å²) in [6, 6.07) is 0.156. The largest absolute Gasteiger partial charge is 0.324 e. The van der Waals surface area contributed by atoms with Gasteiger partial charge < -0.3 is 5.73 Å². The summed E-state index contributed by atoms with van der Waals surface area (Å²) in [5.41, 5.74) is 8.32. The molecule has 1 heterocycles. The summed E-state index contributed by atoms with van der Waals surface area (Å²) in [6.07, 6.45) is 4.03. The maximum atomic E-state index is 5.97. The summed E-state index contributed by atoms with van der Waals surface area (Å²) in [5.74, 6) is 0. The Kier molecular flexibility index (Phi) is 2.87. The minimum Gasteiger partial charge on any atom is -0.324 e. The van der Waals surface area contributed by atoms with Crippen molar-refractivity contribution < 1.29 is 0 Å². The Hall–Kier alpha value is -0.830. The van der Waals surface area contributed by atoms with Gasteiger partial charge in [-0.05, 0) is 13.3 Å². The first kappa shape index (κ1) is 9.26.